The molecule has 0 amide bonds. The summed E-state index contributed by atoms with van der Waals surface area (Å²) in [5.41, 5.74) is 0.414. The molecular formula is C17H19Cl3N4O2. The normalized spacial score (nSPS) is 19.3. The van der Waals surface area contributed by atoms with E-state index in [1.165, 1.54) is 6.20 Å². The van der Waals surface area contributed by atoms with Crippen molar-refractivity contribution in [2.24, 2.45) is 0 Å². The summed E-state index contributed by atoms with van der Waals surface area (Å²) >= 11 is 18.3. The van der Waals surface area contributed by atoms with Crippen molar-refractivity contribution in [2.75, 3.05) is 32.1 Å². The van der Waals surface area contributed by atoms with Gasteiger partial charge >= 0.3 is 0 Å². The first-order valence-corrected chi connectivity index (χ1v) is 9.30. The smallest absolute Gasteiger partial charge is 0.292 e. The lowest BCUT2D eigenvalue weighted by atomic mass is 10.1. The summed E-state index contributed by atoms with van der Waals surface area (Å²) in [6, 6.07) is 4.77. The summed E-state index contributed by atoms with van der Waals surface area (Å²) < 4.78 is 6.95. The molecular weight excluding hydrogens is 399 g/mol. The molecule has 140 valence electrons. The average Bonchev–Trinajstić information content (AvgIpc) is 2.60. The number of ether oxygens (including phenoxy) is 1. The maximum absolute atomic E-state index is 12.6. The van der Waals surface area contributed by atoms with Crippen LogP contribution < -0.4 is 10.9 Å². The lowest BCUT2D eigenvalue weighted by Gasteiger charge is -2.34. The first-order valence-electron chi connectivity index (χ1n) is 8.16. The monoisotopic (exact) mass is 416 g/mol. The van der Waals surface area contributed by atoms with Crippen LogP contribution in [0.25, 0.3) is 5.69 Å². The van der Waals surface area contributed by atoms with Gasteiger partial charge in [0, 0.05) is 18.1 Å². The van der Waals surface area contributed by atoms with Crippen LogP contribution in [0.15, 0.2) is 29.2 Å². The third kappa shape index (κ3) is 4.15. The van der Waals surface area contributed by atoms with Crippen LogP contribution in [-0.2, 0) is 4.74 Å². The van der Waals surface area contributed by atoms with Gasteiger partial charge in [-0.3, -0.25) is 4.79 Å². The van der Waals surface area contributed by atoms with Crippen molar-refractivity contribution < 1.29 is 4.74 Å². The molecule has 0 saturated carbocycles. The molecule has 9 heteroatoms. The van der Waals surface area contributed by atoms with Crippen LogP contribution in [0.1, 0.15) is 6.92 Å². The van der Waals surface area contributed by atoms with E-state index < -0.39 is 5.56 Å². The van der Waals surface area contributed by atoms with Crippen LogP contribution in [0.4, 0.5) is 5.69 Å². The van der Waals surface area contributed by atoms with Gasteiger partial charge in [0.25, 0.3) is 5.56 Å². The molecule has 0 aliphatic carbocycles. The number of aromatic nitrogens is 2. The number of nitrogens with one attached hydrogen (secondary N) is 1. The molecule has 2 aromatic rings. The number of benzene rings is 1. The summed E-state index contributed by atoms with van der Waals surface area (Å²) in [7, 11) is 2.05. The summed E-state index contributed by atoms with van der Waals surface area (Å²) in [5.74, 6) is 0. The maximum Gasteiger partial charge on any atom is 0.292 e. The molecule has 1 aliphatic rings. The second-order valence-corrected chi connectivity index (χ2v) is 7.51. The van der Waals surface area contributed by atoms with E-state index in [2.05, 4.69) is 15.3 Å². The summed E-state index contributed by atoms with van der Waals surface area (Å²) in [6.45, 7) is 4.37. The fraction of sp³-hybridized carbons (Fsp3) is 0.412. The Kier molecular flexibility index (Phi) is 6.10. The van der Waals surface area contributed by atoms with Crippen LogP contribution in [-0.4, -0.2) is 53.6 Å². The van der Waals surface area contributed by atoms with Crippen molar-refractivity contribution in [2.45, 2.75) is 19.1 Å². The van der Waals surface area contributed by atoms with Crippen molar-refractivity contribution in [1.82, 2.24) is 14.7 Å². The molecule has 2 heterocycles. The minimum atomic E-state index is -0.463. The first kappa shape index (κ1) is 19.5. The molecule has 0 bridgehead atoms. The second-order valence-electron chi connectivity index (χ2n) is 6.29. The predicted molar refractivity (Wildman–Crippen MR) is 105 cm³/mol. The largest absolute Gasteiger partial charge is 0.377 e. The molecule has 0 radical (unpaired) electrons. The van der Waals surface area contributed by atoms with Crippen molar-refractivity contribution in [1.29, 1.82) is 0 Å². The van der Waals surface area contributed by atoms with Gasteiger partial charge in [-0.25, -0.2) is 0 Å². The molecule has 1 N–H and O–H groups in total. The Morgan fingerprint density at radius 3 is 2.81 bits per heavy atom. The van der Waals surface area contributed by atoms with E-state index in [0.29, 0.717) is 28.0 Å². The summed E-state index contributed by atoms with van der Waals surface area (Å²) in [5, 5.41) is 8.26. The average molecular weight is 418 g/mol. The Morgan fingerprint density at radius 2 is 2.12 bits per heavy atom. The number of morpholine rings is 1. The number of hydrogen-bond acceptors (Lipinski definition) is 5. The Bertz CT molecular complexity index is 858. The van der Waals surface area contributed by atoms with E-state index in [9.17, 15) is 4.79 Å². The minimum absolute atomic E-state index is 0.00189. The fourth-order valence-electron chi connectivity index (χ4n) is 2.81. The quantitative estimate of drug-likeness (QED) is 0.827. The van der Waals surface area contributed by atoms with Crippen LogP contribution in [0.3, 0.4) is 0 Å². The van der Waals surface area contributed by atoms with Gasteiger partial charge < -0.3 is 15.0 Å². The standard InChI is InChI=1S/C17H19Cl3N4O2/c1-10(15-9-23(2)5-6-26-15)22-13-8-21-24(17(25)16(13)20)14-4-3-11(18)7-12(14)19/h3-4,7-8,10,15,22H,5-6,9H2,1-2H3. The lowest BCUT2D eigenvalue weighted by Crippen LogP contribution is -2.47. The molecule has 1 aromatic heterocycles. The Balaban J connectivity index is 1.84. The molecule has 0 spiro atoms. The predicted octanol–water partition coefficient (Wildman–Crippen LogP) is 3.32. The van der Waals surface area contributed by atoms with Crippen molar-refractivity contribution >= 4 is 40.5 Å². The SMILES string of the molecule is CC(Nc1cnn(-c2ccc(Cl)cc2Cl)c(=O)c1Cl)C1CN(C)CCO1. The van der Waals surface area contributed by atoms with Gasteiger partial charge in [0.15, 0.2) is 0 Å². The molecule has 1 aliphatic heterocycles. The van der Waals surface area contributed by atoms with Gasteiger partial charge in [0.1, 0.15) is 5.02 Å². The van der Waals surface area contributed by atoms with Gasteiger partial charge in [-0.15, -0.1) is 0 Å². The number of rotatable bonds is 4. The fourth-order valence-corrected chi connectivity index (χ4v) is 3.48. The molecule has 6 nitrogen and oxygen atoms in total. The molecule has 3 rings (SSSR count). The van der Waals surface area contributed by atoms with Crippen LogP contribution >= 0.6 is 34.8 Å². The molecule has 2 atom stereocenters. The van der Waals surface area contributed by atoms with E-state index >= 15 is 0 Å². The van der Waals surface area contributed by atoms with Crippen LogP contribution in [0.5, 0.6) is 0 Å². The first-order chi connectivity index (χ1) is 12.4. The zero-order valence-corrected chi connectivity index (χ0v) is 16.6. The zero-order valence-electron chi connectivity index (χ0n) is 14.4. The van der Waals surface area contributed by atoms with Gasteiger partial charge in [0.2, 0.25) is 0 Å². The van der Waals surface area contributed by atoms with Gasteiger partial charge in [-0.05, 0) is 32.2 Å². The van der Waals surface area contributed by atoms with Gasteiger partial charge in [-0.2, -0.15) is 9.78 Å². The van der Waals surface area contributed by atoms with E-state index in [0.717, 1.165) is 17.8 Å². The Labute approximate surface area is 166 Å². The van der Waals surface area contributed by atoms with Gasteiger partial charge in [-0.1, -0.05) is 34.8 Å². The number of anilines is 1. The number of hydrogen-bond donors (Lipinski definition) is 1. The maximum atomic E-state index is 12.6. The summed E-state index contributed by atoms with van der Waals surface area (Å²) in [6.07, 6.45) is 1.51. The molecule has 2 unspecified atom stereocenters. The van der Waals surface area contributed by atoms with E-state index in [-0.39, 0.29) is 17.2 Å². The molecule has 1 saturated heterocycles. The lowest BCUT2D eigenvalue weighted by molar-refractivity contribution is -0.0259. The topological polar surface area (TPSA) is 59.4 Å². The van der Waals surface area contributed by atoms with Crippen LogP contribution in [0, 0.1) is 0 Å². The Morgan fingerprint density at radius 1 is 1.35 bits per heavy atom. The van der Waals surface area contributed by atoms with Crippen molar-refractivity contribution in [3.05, 3.63) is 49.8 Å². The van der Waals surface area contributed by atoms with E-state index in [1.54, 1.807) is 18.2 Å². The van der Waals surface area contributed by atoms with E-state index in [4.69, 9.17) is 39.5 Å². The highest BCUT2D eigenvalue weighted by molar-refractivity contribution is 6.36. The molecule has 1 fully saturated rings. The zero-order chi connectivity index (χ0) is 18.8. The summed E-state index contributed by atoms with van der Waals surface area (Å²) in [4.78, 5) is 14.8. The Hall–Kier alpha value is -1.31. The highest BCUT2D eigenvalue weighted by Gasteiger charge is 2.24. The minimum Gasteiger partial charge on any atom is -0.377 e. The molecule has 1 aromatic carbocycles. The highest BCUT2D eigenvalue weighted by atomic mass is 35.5. The number of likely N-dealkylation sites (N-methyl/N-ethyl adjacent to an activating group) is 1. The second kappa shape index (κ2) is 8.15. The van der Waals surface area contributed by atoms with Gasteiger partial charge in [0.05, 0.1) is 41.3 Å². The van der Waals surface area contributed by atoms with Crippen molar-refractivity contribution in [3.8, 4) is 5.69 Å². The third-order valence-corrected chi connectivity index (χ3v) is 5.20. The van der Waals surface area contributed by atoms with Crippen LogP contribution in [0.2, 0.25) is 15.1 Å². The molecule has 26 heavy (non-hydrogen) atoms. The number of nitrogens with zero attached hydrogens (tertiary/aromatic N) is 3. The van der Waals surface area contributed by atoms with E-state index in [1.807, 2.05) is 14.0 Å². The van der Waals surface area contributed by atoms with Crippen molar-refractivity contribution in [3.63, 3.8) is 0 Å². The highest BCUT2D eigenvalue weighted by Crippen LogP contribution is 2.25. The third-order valence-electron chi connectivity index (χ3n) is 4.29. The number of halogens is 3.